The lowest BCUT2D eigenvalue weighted by Gasteiger charge is -2.19. The highest BCUT2D eigenvalue weighted by Gasteiger charge is 2.17. The molecule has 2 aromatic carbocycles. The molecule has 28 heavy (non-hydrogen) atoms. The predicted octanol–water partition coefficient (Wildman–Crippen LogP) is 4.53. The van der Waals surface area contributed by atoms with Crippen molar-refractivity contribution in [3.05, 3.63) is 60.2 Å². The van der Waals surface area contributed by atoms with Crippen LogP contribution in [0.25, 0.3) is 11.4 Å². The summed E-state index contributed by atoms with van der Waals surface area (Å²) in [4.78, 5) is 14.1. The number of anilines is 1. The molecular formula is C22H26N4OS. The van der Waals surface area contributed by atoms with E-state index in [1.807, 2.05) is 41.9 Å². The van der Waals surface area contributed by atoms with Crippen LogP contribution in [0, 0.1) is 0 Å². The number of amides is 1. The molecule has 0 unspecified atom stereocenters. The fourth-order valence-corrected chi connectivity index (χ4v) is 3.65. The zero-order valence-electron chi connectivity index (χ0n) is 17.0. The van der Waals surface area contributed by atoms with Crippen LogP contribution >= 0.6 is 11.8 Å². The highest BCUT2D eigenvalue weighted by Crippen LogP contribution is 2.27. The number of rotatable bonds is 5. The van der Waals surface area contributed by atoms with Gasteiger partial charge in [-0.05, 0) is 23.1 Å². The lowest BCUT2D eigenvalue weighted by molar-refractivity contribution is -0.115. The van der Waals surface area contributed by atoms with Gasteiger partial charge in [0.25, 0.3) is 0 Å². The number of hydrogen-bond donors (Lipinski definition) is 0. The van der Waals surface area contributed by atoms with Crippen molar-refractivity contribution < 1.29 is 4.79 Å². The fraction of sp³-hybridized carbons (Fsp3) is 0.318. The Kier molecular flexibility index (Phi) is 5.89. The maximum atomic E-state index is 12.5. The number of carbonyl (C=O) groups is 1. The molecule has 0 fully saturated rings. The van der Waals surface area contributed by atoms with Crippen molar-refractivity contribution in [2.45, 2.75) is 31.3 Å². The number of nitrogens with zero attached hydrogens (tertiary/aromatic N) is 4. The molecule has 0 saturated heterocycles. The van der Waals surface area contributed by atoms with E-state index >= 15 is 0 Å². The summed E-state index contributed by atoms with van der Waals surface area (Å²) in [7, 11) is 3.72. The first-order valence-corrected chi connectivity index (χ1v) is 10.2. The predicted molar refractivity (Wildman–Crippen MR) is 116 cm³/mol. The first-order chi connectivity index (χ1) is 13.3. The summed E-state index contributed by atoms with van der Waals surface area (Å²) in [5.74, 6) is 1.13. The topological polar surface area (TPSA) is 51.0 Å². The van der Waals surface area contributed by atoms with Crippen LogP contribution in [0.2, 0.25) is 0 Å². The van der Waals surface area contributed by atoms with Gasteiger partial charge in [0.05, 0.1) is 5.75 Å². The van der Waals surface area contributed by atoms with Crippen LogP contribution in [-0.2, 0) is 17.3 Å². The van der Waals surface area contributed by atoms with Crippen molar-refractivity contribution in [1.29, 1.82) is 0 Å². The molecule has 3 aromatic rings. The first-order valence-electron chi connectivity index (χ1n) is 9.22. The van der Waals surface area contributed by atoms with E-state index in [2.05, 4.69) is 55.2 Å². The molecule has 0 saturated carbocycles. The van der Waals surface area contributed by atoms with Gasteiger partial charge >= 0.3 is 0 Å². The summed E-state index contributed by atoms with van der Waals surface area (Å²) in [6, 6.07) is 18.0. The molecule has 5 nitrogen and oxygen atoms in total. The minimum Gasteiger partial charge on any atom is -0.315 e. The van der Waals surface area contributed by atoms with Gasteiger partial charge in [-0.3, -0.25) is 4.79 Å². The molecule has 0 aliphatic carbocycles. The lowest BCUT2D eigenvalue weighted by Crippen LogP contribution is -2.27. The normalized spacial score (nSPS) is 11.5. The highest BCUT2D eigenvalue weighted by atomic mass is 32.2. The van der Waals surface area contributed by atoms with Crippen LogP contribution in [0.5, 0.6) is 0 Å². The highest BCUT2D eigenvalue weighted by molar-refractivity contribution is 7.99. The van der Waals surface area contributed by atoms with Crippen LogP contribution < -0.4 is 4.90 Å². The van der Waals surface area contributed by atoms with E-state index < -0.39 is 0 Å². The van der Waals surface area contributed by atoms with Crippen molar-refractivity contribution in [1.82, 2.24) is 14.8 Å². The van der Waals surface area contributed by atoms with Gasteiger partial charge in [0.15, 0.2) is 11.0 Å². The van der Waals surface area contributed by atoms with Crippen molar-refractivity contribution in [2.24, 2.45) is 7.05 Å². The molecule has 0 bridgehead atoms. The smallest absolute Gasteiger partial charge is 0.237 e. The van der Waals surface area contributed by atoms with Gasteiger partial charge in [0.1, 0.15) is 0 Å². The number of thioether (sulfide) groups is 1. The van der Waals surface area contributed by atoms with Gasteiger partial charge < -0.3 is 9.47 Å². The average molecular weight is 395 g/mol. The summed E-state index contributed by atoms with van der Waals surface area (Å²) < 4.78 is 1.94. The SMILES string of the molecule is CN(C(=O)CSc1nnc(-c2ccc(C(C)(C)C)cc2)n1C)c1ccccc1. The van der Waals surface area contributed by atoms with Gasteiger partial charge in [-0.15, -0.1) is 10.2 Å². The molecule has 0 spiro atoms. The van der Waals surface area contributed by atoms with Crippen molar-refractivity contribution in [3.63, 3.8) is 0 Å². The van der Waals surface area contributed by atoms with Gasteiger partial charge in [-0.2, -0.15) is 0 Å². The zero-order valence-corrected chi connectivity index (χ0v) is 17.8. The number of para-hydroxylation sites is 1. The van der Waals surface area contributed by atoms with Crippen molar-refractivity contribution >= 4 is 23.4 Å². The van der Waals surface area contributed by atoms with E-state index in [0.29, 0.717) is 5.75 Å². The van der Waals surface area contributed by atoms with Crippen LogP contribution in [0.4, 0.5) is 5.69 Å². The summed E-state index contributed by atoms with van der Waals surface area (Å²) in [6.45, 7) is 6.59. The summed E-state index contributed by atoms with van der Waals surface area (Å²) in [5, 5.41) is 9.33. The van der Waals surface area contributed by atoms with Crippen molar-refractivity contribution in [3.8, 4) is 11.4 Å². The Bertz CT molecular complexity index is 943. The Morgan fingerprint density at radius 1 is 1.04 bits per heavy atom. The molecule has 0 aliphatic rings. The maximum Gasteiger partial charge on any atom is 0.237 e. The van der Waals surface area contributed by atoms with Crippen LogP contribution in [0.15, 0.2) is 59.8 Å². The summed E-state index contributed by atoms with van der Waals surface area (Å²) in [6.07, 6.45) is 0. The average Bonchev–Trinajstić information content (AvgIpc) is 3.06. The summed E-state index contributed by atoms with van der Waals surface area (Å²) >= 11 is 1.40. The minimum atomic E-state index is 0.0234. The van der Waals surface area contributed by atoms with E-state index in [1.54, 1.807) is 11.9 Å². The molecule has 0 aliphatic heterocycles. The second kappa shape index (κ2) is 8.19. The number of carbonyl (C=O) groups excluding carboxylic acids is 1. The number of aromatic nitrogens is 3. The fourth-order valence-electron chi connectivity index (χ4n) is 2.83. The van der Waals surface area contributed by atoms with Crippen LogP contribution in [0.3, 0.4) is 0 Å². The van der Waals surface area contributed by atoms with Crippen molar-refractivity contribution in [2.75, 3.05) is 17.7 Å². The van der Waals surface area contributed by atoms with Gasteiger partial charge in [-0.25, -0.2) is 0 Å². The molecular weight excluding hydrogens is 368 g/mol. The first kappa shape index (κ1) is 20.1. The van der Waals surface area contributed by atoms with Gasteiger partial charge in [-0.1, -0.05) is 75.0 Å². The molecule has 0 atom stereocenters. The van der Waals surface area contributed by atoms with E-state index in [0.717, 1.165) is 22.2 Å². The second-order valence-electron chi connectivity index (χ2n) is 7.77. The Balaban J connectivity index is 1.69. The van der Waals surface area contributed by atoms with Gasteiger partial charge in [0, 0.05) is 25.3 Å². The zero-order chi connectivity index (χ0) is 20.3. The Labute approximate surface area is 170 Å². The van der Waals surface area contributed by atoms with E-state index in [4.69, 9.17) is 0 Å². The largest absolute Gasteiger partial charge is 0.315 e. The van der Waals surface area contributed by atoms with E-state index in [1.165, 1.54) is 17.3 Å². The standard InChI is InChI=1S/C22H26N4OS/c1-22(2,3)17-13-11-16(12-14-17)20-23-24-21(26(20)5)28-15-19(27)25(4)18-9-7-6-8-10-18/h6-14H,15H2,1-5H3. The molecule has 0 radical (unpaired) electrons. The third-order valence-electron chi connectivity index (χ3n) is 4.69. The number of hydrogen-bond acceptors (Lipinski definition) is 4. The molecule has 1 amide bonds. The van der Waals surface area contributed by atoms with Crippen LogP contribution in [-0.4, -0.2) is 33.5 Å². The summed E-state index contributed by atoms with van der Waals surface area (Å²) in [5.41, 5.74) is 3.29. The molecule has 6 heteroatoms. The second-order valence-corrected chi connectivity index (χ2v) is 8.71. The Morgan fingerprint density at radius 2 is 1.68 bits per heavy atom. The van der Waals surface area contributed by atoms with E-state index in [9.17, 15) is 4.79 Å². The molecule has 146 valence electrons. The quantitative estimate of drug-likeness (QED) is 0.597. The Morgan fingerprint density at radius 3 is 2.29 bits per heavy atom. The lowest BCUT2D eigenvalue weighted by atomic mass is 9.87. The Hall–Kier alpha value is -2.60. The molecule has 1 heterocycles. The molecule has 3 rings (SSSR count). The molecule has 1 aromatic heterocycles. The third kappa shape index (κ3) is 4.44. The molecule has 0 N–H and O–H groups in total. The van der Waals surface area contributed by atoms with E-state index in [-0.39, 0.29) is 11.3 Å². The number of benzene rings is 2. The van der Waals surface area contributed by atoms with Gasteiger partial charge in [0.2, 0.25) is 5.91 Å². The van der Waals surface area contributed by atoms with Crippen LogP contribution in [0.1, 0.15) is 26.3 Å². The monoisotopic (exact) mass is 394 g/mol. The third-order valence-corrected chi connectivity index (χ3v) is 5.69. The minimum absolute atomic E-state index is 0.0234. The maximum absolute atomic E-state index is 12.5.